The van der Waals surface area contributed by atoms with Gasteiger partial charge in [-0.05, 0) is 30.7 Å². The number of fused-ring (bicyclic) bond motifs is 3. The van der Waals surface area contributed by atoms with Crippen molar-refractivity contribution in [1.29, 1.82) is 0 Å². The zero-order valence-electron chi connectivity index (χ0n) is 13.7. The Kier molecular flexibility index (Phi) is 3.15. The van der Waals surface area contributed by atoms with E-state index in [0.717, 1.165) is 10.5 Å². The number of hydrogen-bond donors (Lipinski definition) is 2. The summed E-state index contributed by atoms with van der Waals surface area (Å²) in [6.45, 7) is 2.02. The predicted molar refractivity (Wildman–Crippen MR) is 93.2 cm³/mol. The van der Waals surface area contributed by atoms with Gasteiger partial charge in [0, 0.05) is 5.69 Å². The molecule has 2 aliphatic rings. The van der Waals surface area contributed by atoms with Crippen LogP contribution in [0.1, 0.15) is 18.6 Å². The van der Waals surface area contributed by atoms with E-state index in [0.29, 0.717) is 17.1 Å². The third kappa shape index (κ3) is 2.12. The van der Waals surface area contributed by atoms with Crippen LogP contribution in [0.4, 0.5) is 21.0 Å². The molecule has 4 N–H and O–H groups in total. The summed E-state index contributed by atoms with van der Waals surface area (Å²) < 4.78 is 6.24. The van der Waals surface area contributed by atoms with E-state index < -0.39 is 23.7 Å². The zero-order chi connectivity index (χ0) is 17.8. The maximum atomic E-state index is 12.9. The lowest BCUT2D eigenvalue weighted by molar-refractivity contribution is 0.108. The molecular formula is C18H18N4O3. The van der Waals surface area contributed by atoms with Gasteiger partial charge in [0.1, 0.15) is 17.4 Å². The number of hydrogen-bond acceptors (Lipinski definition) is 4. The average Bonchev–Trinajstić information content (AvgIpc) is 2.87. The number of urea groups is 2. The van der Waals surface area contributed by atoms with Gasteiger partial charge in [-0.15, -0.1) is 0 Å². The smallest absolute Gasteiger partial charge is 0.333 e. The number of nitrogen functional groups attached to an aromatic ring is 1. The summed E-state index contributed by atoms with van der Waals surface area (Å²) in [7, 11) is 0. The number of benzene rings is 2. The highest BCUT2D eigenvalue weighted by Gasteiger charge is 2.58. The molecule has 0 aliphatic carbocycles. The van der Waals surface area contributed by atoms with E-state index in [-0.39, 0.29) is 6.54 Å². The Bertz CT molecular complexity index is 870. The Morgan fingerprint density at radius 3 is 2.64 bits per heavy atom. The van der Waals surface area contributed by atoms with Crippen molar-refractivity contribution in [2.75, 3.05) is 17.2 Å². The van der Waals surface area contributed by atoms with Crippen molar-refractivity contribution < 1.29 is 14.3 Å². The molecule has 7 nitrogen and oxygen atoms in total. The van der Waals surface area contributed by atoms with Crippen LogP contribution < -0.4 is 21.1 Å². The number of nitrogens with zero attached hydrogens (tertiary/aromatic N) is 2. The van der Waals surface area contributed by atoms with Gasteiger partial charge in [-0.25, -0.2) is 14.5 Å². The fraction of sp³-hybridized carbons (Fsp3) is 0.222. The van der Waals surface area contributed by atoms with Crippen LogP contribution in [0.5, 0.6) is 5.75 Å². The number of amides is 4. The summed E-state index contributed by atoms with van der Waals surface area (Å²) in [6, 6.07) is 13.5. The van der Waals surface area contributed by atoms with Crippen LogP contribution in [0.3, 0.4) is 0 Å². The van der Waals surface area contributed by atoms with E-state index in [1.54, 1.807) is 23.1 Å². The highest BCUT2D eigenvalue weighted by atomic mass is 16.5. The number of anilines is 2. The second-order valence-electron chi connectivity index (χ2n) is 6.54. The van der Waals surface area contributed by atoms with Gasteiger partial charge in [0.05, 0.1) is 12.2 Å². The Morgan fingerprint density at radius 2 is 1.96 bits per heavy atom. The number of primary amides is 1. The molecule has 25 heavy (non-hydrogen) atoms. The maximum absolute atomic E-state index is 12.9. The van der Waals surface area contributed by atoms with Crippen LogP contribution in [0.2, 0.25) is 0 Å². The molecule has 0 aromatic heterocycles. The van der Waals surface area contributed by atoms with Crippen molar-refractivity contribution >= 4 is 23.4 Å². The van der Waals surface area contributed by atoms with Crippen LogP contribution in [0.25, 0.3) is 0 Å². The highest BCUT2D eigenvalue weighted by Crippen LogP contribution is 2.51. The van der Waals surface area contributed by atoms with Gasteiger partial charge in [-0.1, -0.05) is 30.3 Å². The first-order valence-electron chi connectivity index (χ1n) is 7.94. The lowest BCUT2D eigenvalue weighted by Crippen LogP contribution is -2.54. The first-order valence-corrected chi connectivity index (χ1v) is 7.94. The second-order valence-corrected chi connectivity index (χ2v) is 6.54. The first kappa shape index (κ1) is 15.3. The Balaban J connectivity index is 1.92. The van der Waals surface area contributed by atoms with Crippen LogP contribution in [-0.2, 0) is 0 Å². The van der Waals surface area contributed by atoms with Crippen LogP contribution in [0.15, 0.2) is 48.5 Å². The molecule has 2 aromatic carbocycles. The largest absolute Gasteiger partial charge is 0.481 e. The molecule has 7 heteroatoms. The summed E-state index contributed by atoms with van der Waals surface area (Å²) in [4.78, 5) is 27.3. The molecule has 0 bridgehead atoms. The summed E-state index contributed by atoms with van der Waals surface area (Å²) >= 11 is 0. The third-order valence-electron chi connectivity index (χ3n) is 4.81. The quantitative estimate of drug-likeness (QED) is 0.780. The van der Waals surface area contributed by atoms with Gasteiger partial charge in [-0.3, -0.25) is 4.90 Å². The SMILES string of the molecule is CC12CN(C(N)=O)C(=O)N1c1cc(N)ccc1OC2c1ccccc1. The average molecular weight is 338 g/mol. The minimum Gasteiger partial charge on any atom is -0.481 e. The van der Waals surface area contributed by atoms with Gasteiger partial charge in [-0.2, -0.15) is 0 Å². The monoisotopic (exact) mass is 338 g/mol. The molecule has 2 heterocycles. The molecule has 2 unspecified atom stereocenters. The molecule has 4 amide bonds. The molecule has 0 radical (unpaired) electrons. The number of carbonyl (C=O) groups is 2. The van der Waals surface area contributed by atoms with E-state index >= 15 is 0 Å². The Morgan fingerprint density at radius 1 is 1.24 bits per heavy atom. The minimum atomic E-state index is -0.797. The summed E-state index contributed by atoms with van der Waals surface area (Å²) in [5.41, 5.74) is 12.5. The van der Waals surface area contributed by atoms with Crippen molar-refractivity contribution in [3.8, 4) is 5.75 Å². The van der Waals surface area contributed by atoms with E-state index in [2.05, 4.69) is 0 Å². The molecule has 2 aliphatic heterocycles. The molecule has 128 valence electrons. The van der Waals surface area contributed by atoms with Crippen molar-refractivity contribution in [3.05, 3.63) is 54.1 Å². The Hall–Kier alpha value is -3.22. The lowest BCUT2D eigenvalue weighted by atomic mass is 9.86. The van der Waals surface area contributed by atoms with Crippen molar-refractivity contribution in [1.82, 2.24) is 4.90 Å². The second kappa shape index (κ2) is 5.14. The maximum Gasteiger partial charge on any atom is 0.333 e. The minimum absolute atomic E-state index is 0.134. The van der Waals surface area contributed by atoms with Gasteiger partial charge < -0.3 is 16.2 Å². The summed E-state index contributed by atoms with van der Waals surface area (Å²) in [6.07, 6.45) is -0.446. The molecule has 2 atom stereocenters. The number of imide groups is 1. The number of nitrogens with two attached hydrogens (primary N) is 2. The molecule has 1 saturated heterocycles. The number of rotatable bonds is 1. The van der Waals surface area contributed by atoms with Crippen molar-refractivity contribution in [2.24, 2.45) is 5.73 Å². The molecule has 1 fully saturated rings. The summed E-state index contributed by atoms with van der Waals surface area (Å²) in [5, 5.41) is 0. The molecular weight excluding hydrogens is 320 g/mol. The van der Waals surface area contributed by atoms with Crippen LogP contribution >= 0.6 is 0 Å². The zero-order valence-corrected chi connectivity index (χ0v) is 13.7. The lowest BCUT2D eigenvalue weighted by Gasteiger charge is -2.45. The van der Waals surface area contributed by atoms with Gasteiger partial charge >= 0.3 is 12.1 Å². The van der Waals surface area contributed by atoms with Gasteiger partial charge in [0.15, 0.2) is 0 Å². The molecule has 0 saturated carbocycles. The van der Waals surface area contributed by atoms with Gasteiger partial charge in [0.25, 0.3) is 0 Å². The summed E-state index contributed by atoms with van der Waals surface area (Å²) in [5.74, 6) is 0.542. The standard InChI is InChI=1S/C18H18N4O3/c1-18-10-21(16(20)23)17(24)22(18)13-9-12(19)7-8-14(13)25-15(18)11-5-3-2-4-6-11/h2-9,15H,10,19H2,1H3,(H2,20,23). The highest BCUT2D eigenvalue weighted by molar-refractivity contribution is 6.06. The number of carbonyl (C=O) groups excluding carboxylic acids is 2. The first-order chi connectivity index (χ1) is 11.9. The molecule has 4 rings (SSSR count). The third-order valence-corrected chi connectivity index (χ3v) is 4.81. The fourth-order valence-corrected chi connectivity index (χ4v) is 3.67. The number of ether oxygens (including phenoxy) is 1. The van der Waals surface area contributed by atoms with E-state index in [1.807, 2.05) is 37.3 Å². The topological polar surface area (TPSA) is 102 Å². The van der Waals surface area contributed by atoms with Crippen molar-refractivity contribution in [3.63, 3.8) is 0 Å². The van der Waals surface area contributed by atoms with Crippen LogP contribution in [-0.4, -0.2) is 29.0 Å². The van der Waals surface area contributed by atoms with E-state index in [1.165, 1.54) is 0 Å². The van der Waals surface area contributed by atoms with E-state index in [4.69, 9.17) is 16.2 Å². The normalized spacial score (nSPS) is 24.5. The predicted octanol–water partition coefficient (Wildman–Crippen LogP) is 2.48. The van der Waals surface area contributed by atoms with Gasteiger partial charge in [0.2, 0.25) is 0 Å². The molecule has 0 spiro atoms. The van der Waals surface area contributed by atoms with Crippen molar-refractivity contribution in [2.45, 2.75) is 18.6 Å². The van der Waals surface area contributed by atoms with Crippen LogP contribution in [0, 0.1) is 0 Å². The van der Waals surface area contributed by atoms with E-state index in [9.17, 15) is 9.59 Å². The fourth-order valence-electron chi connectivity index (χ4n) is 3.67. The molecule has 2 aromatic rings. The Labute approximate surface area is 144 Å².